The Kier molecular flexibility index (Phi) is 13.3. The van der Waals surface area contributed by atoms with Crippen LogP contribution in [0.4, 0.5) is 4.79 Å². The molecule has 0 unspecified atom stereocenters. The Hall–Kier alpha value is -6.18. The third-order valence-corrected chi connectivity index (χ3v) is 9.72. The van der Waals surface area contributed by atoms with E-state index >= 15 is 0 Å². The summed E-state index contributed by atoms with van der Waals surface area (Å²) in [6.45, 7) is 5.71. The second kappa shape index (κ2) is 18.9. The maximum atomic E-state index is 13.0. The molecule has 4 N–H and O–H groups in total. The number of nitrogens with one attached hydrogen (secondary N) is 4. The Labute approximate surface area is 324 Å². The van der Waals surface area contributed by atoms with Crippen LogP contribution in [0.2, 0.25) is 0 Å². The molecule has 0 saturated heterocycles. The van der Waals surface area contributed by atoms with Crippen LogP contribution in [0.3, 0.4) is 0 Å². The van der Waals surface area contributed by atoms with E-state index in [0.717, 1.165) is 12.8 Å². The lowest BCUT2D eigenvalue weighted by Gasteiger charge is -2.14. The number of amides is 3. The van der Waals surface area contributed by atoms with Gasteiger partial charge in [-0.1, -0.05) is 68.8 Å². The van der Waals surface area contributed by atoms with Gasteiger partial charge in [-0.25, -0.2) is 14.6 Å². The molecule has 0 spiro atoms. The number of aromatic nitrogens is 4. The van der Waals surface area contributed by atoms with Crippen LogP contribution in [-0.4, -0.2) is 69.9 Å². The van der Waals surface area contributed by atoms with Crippen LogP contribution in [-0.2, 0) is 27.4 Å². The molecule has 294 valence electrons. The lowest BCUT2D eigenvalue weighted by atomic mass is 9.98. The van der Waals surface area contributed by atoms with Gasteiger partial charge in [0.25, 0.3) is 11.5 Å². The Morgan fingerprint density at radius 1 is 0.750 bits per heavy atom. The van der Waals surface area contributed by atoms with Crippen molar-refractivity contribution < 1.29 is 23.9 Å². The number of hydrogen-bond donors (Lipinski definition) is 4. The van der Waals surface area contributed by atoms with Crippen molar-refractivity contribution in [2.45, 2.75) is 71.4 Å². The highest BCUT2D eigenvalue weighted by Gasteiger charge is 2.29. The fourth-order valence-electron chi connectivity index (χ4n) is 6.98. The van der Waals surface area contributed by atoms with Crippen LogP contribution >= 0.6 is 0 Å². The standard InChI is InChI=1S/C42H49N7O7/c1-3-24-48-39-37(40(52)49(25-4-2)42(48)54)46-38(47-39)28-17-19-29(20-18-28)55-27-36(51)44-23-22-43-35(50)16-6-5-11-21-45-41(53)56-26-34-32-14-9-7-12-30(32)31-13-8-10-15-33(31)34/h7-10,12-15,17-20,34H,3-6,11,16,21-27H2,1-2H3,(H,43,50)(H,44,51)(H,45,53)(H,46,47). The number of benzene rings is 3. The van der Waals surface area contributed by atoms with Gasteiger partial charge in [0.2, 0.25) is 5.91 Å². The third-order valence-electron chi connectivity index (χ3n) is 9.72. The van der Waals surface area contributed by atoms with Gasteiger partial charge in [-0.2, -0.15) is 0 Å². The Bertz CT molecular complexity index is 2230. The number of rotatable bonds is 19. The van der Waals surface area contributed by atoms with E-state index in [-0.39, 0.29) is 55.2 Å². The number of carbonyl (C=O) groups is 3. The lowest BCUT2D eigenvalue weighted by molar-refractivity contribution is -0.124. The quantitative estimate of drug-likeness (QED) is 0.0841. The van der Waals surface area contributed by atoms with Gasteiger partial charge >= 0.3 is 11.8 Å². The second-order valence-corrected chi connectivity index (χ2v) is 13.8. The Morgan fingerprint density at radius 2 is 1.39 bits per heavy atom. The van der Waals surface area contributed by atoms with Crippen molar-refractivity contribution in [2.75, 3.05) is 32.8 Å². The molecule has 0 aliphatic heterocycles. The third kappa shape index (κ3) is 9.36. The van der Waals surface area contributed by atoms with Crippen LogP contribution in [0.15, 0.2) is 82.4 Å². The second-order valence-electron chi connectivity index (χ2n) is 13.8. The van der Waals surface area contributed by atoms with Crippen LogP contribution in [0.25, 0.3) is 33.7 Å². The molecule has 2 aromatic heterocycles. The highest BCUT2D eigenvalue weighted by atomic mass is 16.5. The number of nitrogens with zero attached hydrogens (tertiary/aromatic N) is 3. The van der Waals surface area contributed by atoms with Gasteiger partial charge in [0.1, 0.15) is 23.7 Å². The van der Waals surface area contributed by atoms with Gasteiger partial charge in [-0.3, -0.25) is 23.5 Å². The number of unbranched alkanes of at least 4 members (excludes halogenated alkanes) is 2. The fourth-order valence-corrected chi connectivity index (χ4v) is 6.98. The first kappa shape index (κ1) is 39.5. The van der Waals surface area contributed by atoms with E-state index in [1.807, 2.05) is 38.1 Å². The molecule has 0 bridgehead atoms. The Morgan fingerprint density at radius 3 is 2.07 bits per heavy atom. The minimum Gasteiger partial charge on any atom is -0.484 e. The molecule has 5 aromatic rings. The molecular formula is C42H49N7O7. The van der Waals surface area contributed by atoms with E-state index in [9.17, 15) is 24.0 Å². The molecule has 6 rings (SSSR count). The summed E-state index contributed by atoms with van der Waals surface area (Å²) < 4.78 is 14.0. The van der Waals surface area contributed by atoms with Crippen molar-refractivity contribution in [3.63, 3.8) is 0 Å². The molecule has 0 atom stereocenters. The molecule has 2 heterocycles. The summed E-state index contributed by atoms with van der Waals surface area (Å²) in [6.07, 6.45) is 3.43. The number of fused-ring (bicyclic) bond motifs is 4. The van der Waals surface area contributed by atoms with Crippen molar-refractivity contribution in [3.05, 3.63) is 105 Å². The zero-order chi connectivity index (χ0) is 39.4. The number of hydrogen-bond acceptors (Lipinski definition) is 8. The van der Waals surface area contributed by atoms with Crippen LogP contribution in [0.1, 0.15) is 69.4 Å². The summed E-state index contributed by atoms with van der Waals surface area (Å²) in [6, 6.07) is 23.3. The zero-order valence-corrected chi connectivity index (χ0v) is 31.9. The molecule has 56 heavy (non-hydrogen) atoms. The first-order chi connectivity index (χ1) is 27.3. The van der Waals surface area contributed by atoms with Gasteiger partial charge in [0, 0.05) is 50.6 Å². The monoisotopic (exact) mass is 763 g/mol. The number of ether oxygens (including phenoxy) is 2. The molecule has 3 amide bonds. The molecule has 1 aliphatic carbocycles. The minimum absolute atomic E-state index is 0.0133. The fraction of sp³-hybridized carbons (Fsp3) is 0.381. The van der Waals surface area contributed by atoms with Crippen molar-refractivity contribution >= 4 is 29.1 Å². The molecule has 0 saturated carbocycles. The first-order valence-corrected chi connectivity index (χ1v) is 19.4. The van der Waals surface area contributed by atoms with Crippen LogP contribution in [0.5, 0.6) is 5.75 Å². The van der Waals surface area contributed by atoms with Crippen molar-refractivity contribution in [3.8, 4) is 28.3 Å². The van der Waals surface area contributed by atoms with Crippen molar-refractivity contribution in [1.29, 1.82) is 0 Å². The smallest absolute Gasteiger partial charge is 0.407 e. The average molecular weight is 764 g/mol. The van der Waals surface area contributed by atoms with Crippen LogP contribution in [0, 0.1) is 0 Å². The van der Waals surface area contributed by atoms with E-state index in [1.54, 1.807) is 24.3 Å². The molecule has 0 radical (unpaired) electrons. The Balaban J connectivity index is 0.829. The number of aromatic amines is 1. The number of aryl methyl sites for hydroxylation is 1. The number of imidazole rings is 1. The van der Waals surface area contributed by atoms with Crippen molar-refractivity contribution in [1.82, 2.24) is 35.1 Å². The van der Waals surface area contributed by atoms with Crippen molar-refractivity contribution in [2.24, 2.45) is 0 Å². The van der Waals surface area contributed by atoms with E-state index in [1.165, 1.54) is 31.4 Å². The highest BCUT2D eigenvalue weighted by molar-refractivity contribution is 5.80. The topological polar surface area (TPSA) is 178 Å². The highest BCUT2D eigenvalue weighted by Crippen LogP contribution is 2.44. The number of carbonyl (C=O) groups excluding carboxylic acids is 3. The maximum absolute atomic E-state index is 13.0. The molecule has 0 fully saturated rings. The molecular weight excluding hydrogens is 715 g/mol. The van der Waals surface area contributed by atoms with E-state index in [0.29, 0.717) is 68.1 Å². The lowest BCUT2D eigenvalue weighted by Crippen LogP contribution is -2.40. The van der Waals surface area contributed by atoms with Gasteiger partial charge in [-0.15, -0.1) is 0 Å². The summed E-state index contributed by atoms with van der Waals surface area (Å²) in [5.74, 6) is 0.492. The minimum atomic E-state index is -0.448. The molecule has 1 aliphatic rings. The largest absolute Gasteiger partial charge is 0.484 e. The van der Waals surface area contributed by atoms with Gasteiger partial charge in [-0.05, 0) is 72.2 Å². The van der Waals surface area contributed by atoms with Gasteiger partial charge < -0.3 is 30.4 Å². The molecule has 3 aromatic carbocycles. The predicted molar refractivity (Wildman–Crippen MR) is 214 cm³/mol. The maximum Gasteiger partial charge on any atom is 0.407 e. The summed E-state index contributed by atoms with van der Waals surface area (Å²) in [5.41, 5.74) is 5.25. The summed E-state index contributed by atoms with van der Waals surface area (Å²) in [5, 5.41) is 8.34. The predicted octanol–water partition coefficient (Wildman–Crippen LogP) is 5.08. The van der Waals surface area contributed by atoms with Gasteiger partial charge in [0.15, 0.2) is 12.3 Å². The summed E-state index contributed by atoms with van der Waals surface area (Å²) in [7, 11) is 0. The van der Waals surface area contributed by atoms with Crippen LogP contribution < -0.4 is 31.9 Å². The zero-order valence-electron chi connectivity index (χ0n) is 31.9. The van der Waals surface area contributed by atoms with E-state index in [2.05, 4.69) is 50.2 Å². The first-order valence-electron chi connectivity index (χ1n) is 19.4. The van der Waals surface area contributed by atoms with E-state index < -0.39 is 11.7 Å². The van der Waals surface area contributed by atoms with Gasteiger partial charge in [0.05, 0.1) is 0 Å². The number of alkyl carbamates (subject to hydrolysis) is 1. The SMILES string of the molecule is CCCn1c(=O)c2[nH]c(-c3ccc(OCC(=O)NCCNC(=O)CCCCCNC(=O)OCC4c5ccccc5-c5ccccc54)cc3)nc2n(CCC)c1=O. The molecule has 14 heteroatoms. The van der Waals surface area contributed by atoms with E-state index in [4.69, 9.17) is 9.47 Å². The normalized spacial score (nSPS) is 11.9. The molecule has 14 nitrogen and oxygen atoms in total. The average Bonchev–Trinajstić information content (AvgIpc) is 3.80. The summed E-state index contributed by atoms with van der Waals surface area (Å²) in [4.78, 5) is 70.6. The number of H-pyrrole nitrogens is 1. The summed E-state index contributed by atoms with van der Waals surface area (Å²) >= 11 is 0.